The summed E-state index contributed by atoms with van der Waals surface area (Å²) in [4.78, 5) is 0.365. The Morgan fingerprint density at radius 2 is 2.20 bits per heavy atom. The van der Waals surface area contributed by atoms with E-state index in [-0.39, 0.29) is 11.5 Å². The van der Waals surface area contributed by atoms with Crippen LogP contribution in [0.1, 0.15) is 4.88 Å². The first-order chi connectivity index (χ1) is 6.95. The van der Waals surface area contributed by atoms with Crippen LogP contribution in [0.25, 0.3) is 0 Å². The minimum Gasteiger partial charge on any atom is -0.391 e. The molecule has 1 rings (SSSR count). The maximum absolute atomic E-state index is 11.8. The predicted molar refractivity (Wildman–Crippen MR) is 51.4 cm³/mol. The van der Waals surface area contributed by atoms with Crippen molar-refractivity contribution < 1.29 is 22.3 Å². The van der Waals surface area contributed by atoms with E-state index in [9.17, 15) is 17.2 Å². The van der Waals surface area contributed by atoms with Crippen LogP contribution in [0, 0.1) is 0 Å². The number of hydrogen-bond acceptors (Lipinski definition) is 4. The zero-order chi connectivity index (χ0) is 11.5. The molecule has 8 heteroatoms. The molecule has 0 spiro atoms. The lowest BCUT2D eigenvalue weighted by atomic mass is 10.5. The highest BCUT2D eigenvalue weighted by atomic mass is 32.2. The zero-order valence-corrected chi connectivity index (χ0v) is 9.12. The lowest BCUT2D eigenvalue weighted by Crippen LogP contribution is -2.28. The largest absolute Gasteiger partial charge is 0.391 e. The molecule has 2 N–H and O–H groups in total. The smallest absolute Gasteiger partial charge is 0.251 e. The molecule has 0 radical (unpaired) electrons. The maximum Gasteiger partial charge on any atom is 0.251 e. The Bertz CT molecular complexity index is 416. The van der Waals surface area contributed by atoms with E-state index in [1.165, 1.54) is 11.4 Å². The lowest BCUT2D eigenvalue weighted by Gasteiger charge is -2.03. The molecule has 0 saturated carbocycles. The molecule has 4 nitrogen and oxygen atoms in total. The number of thiophene rings is 1. The van der Waals surface area contributed by atoms with Gasteiger partial charge in [-0.1, -0.05) is 0 Å². The van der Waals surface area contributed by atoms with Crippen LogP contribution in [-0.2, 0) is 16.6 Å². The molecule has 1 aromatic rings. The second-order valence-electron chi connectivity index (χ2n) is 2.65. The third-order valence-electron chi connectivity index (χ3n) is 1.52. The number of rotatable bonds is 5. The summed E-state index contributed by atoms with van der Waals surface area (Å²) in [7, 11) is -3.88. The van der Waals surface area contributed by atoms with Crippen molar-refractivity contribution in [1.82, 2.24) is 4.72 Å². The van der Waals surface area contributed by atoms with E-state index in [2.05, 4.69) is 0 Å². The number of alkyl halides is 2. The molecule has 1 heterocycles. The van der Waals surface area contributed by atoms with Gasteiger partial charge < -0.3 is 5.11 Å². The Balaban J connectivity index is 2.77. The molecule has 0 saturated heterocycles. The van der Waals surface area contributed by atoms with Crippen molar-refractivity contribution >= 4 is 21.4 Å². The molecule has 0 aliphatic rings. The van der Waals surface area contributed by atoms with Crippen molar-refractivity contribution in [1.29, 1.82) is 0 Å². The molecule has 15 heavy (non-hydrogen) atoms. The van der Waals surface area contributed by atoms with Gasteiger partial charge in [-0.3, -0.25) is 0 Å². The molecule has 0 unspecified atom stereocenters. The highest BCUT2D eigenvalue weighted by molar-refractivity contribution is 7.89. The van der Waals surface area contributed by atoms with E-state index in [0.717, 1.165) is 11.3 Å². The van der Waals surface area contributed by atoms with Crippen LogP contribution in [0.4, 0.5) is 8.78 Å². The molecule has 0 aromatic carbocycles. The van der Waals surface area contributed by atoms with Crippen molar-refractivity contribution in [2.24, 2.45) is 0 Å². The van der Waals surface area contributed by atoms with Crippen molar-refractivity contribution in [2.45, 2.75) is 17.9 Å². The van der Waals surface area contributed by atoms with Crippen LogP contribution in [0.2, 0.25) is 0 Å². The summed E-state index contributed by atoms with van der Waals surface area (Å²) >= 11 is 1.05. The van der Waals surface area contributed by atoms with Crippen LogP contribution >= 0.6 is 11.3 Å². The summed E-state index contributed by atoms with van der Waals surface area (Å²) in [5.74, 6) is 0. The van der Waals surface area contributed by atoms with E-state index < -0.39 is 23.0 Å². The zero-order valence-electron chi connectivity index (χ0n) is 7.48. The summed E-state index contributed by atoms with van der Waals surface area (Å²) in [5, 5.41) is 10.0. The normalized spacial score (nSPS) is 12.3. The molecular formula is C7H9F2NO3S2. The van der Waals surface area contributed by atoms with Crippen molar-refractivity contribution in [3.63, 3.8) is 0 Å². The summed E-state index contributed by atoms with van der Waals surface area (Å²) in [6.45, 7) is -1.18. The third-order valence-corrected chi connectivity index (χ3v) is 4.00. The number of aliphatic hydroxyl groups is 1. The number of hydrogen-bond donors (Lipinski definition) is 2. The minimum absolute atomic E-state index is 0.0998. The van der Waals surface area contributed by atoms with Gasteiger partial charge in [-0.25, -0.2) is 21.9 Å². The molecule has 0 atom stereocenters. The maximum atomic E-state index is 11.8. The highest BCUT2D eigenvalue weighted by Gasteiger charge is 2.17. The predicted octanol–water partition coefficient (Wildman–Crippen LogP) is 0.784. The van der Waals surface area contributed by atoms with Crippen LogP contribution < -0.4 is 4.72 Å². The van der Waals surface area contributed by atoms with E-state index in [1.807, 2.05) is 0 Å². The van der Waals surface area contributed by atoms with Crippen molar-refractivity contribution in [3.8, 4) is 0 Å². The summed E-state index contributed by atoms with van der Waals surface area (Å²) < 4.78 is 48.0. The number of aliphatic hydroxyl groups excluding tert-OH is 1. The summed E-state index contributed by atoms with van der Waals surface area (Å²) in [6, 6.07) is 1.25. The quantitative estimate of drug-likeness (QED) is 0.819. The van der Waals surface area contributed by atoms with E-state index in [4.69, 9.17) is 5.11 Å². The average molecular weight is 257 g/mol. The first-order valence-corrected chi connectivity index (χ1v) is 6.28. The minimum atomic E-state index is -3.88. The second kappa shape index (κ2) is 4.97. The van der Waals surface area contributed by atoms with Crippen molar-refractivity contribution in [2.75, 3.05) is 6.54 Å². The van der Waals surface area contributed by atoms with Gasteiger partial charge in [0.15, 0.2) is 0 Å². The van der Waals surface area contributed by atoms with Gasteiger partial charge in [-0.15, -0.1) is 11.3 Å². The molecule has 86 valence electrons. The summed E-state index contributed by atoms with van der Waals surface area (Å²) in [5.41, 5.74) is 0. The molecule has 0 fully saturated rings. The molecule has 0 aliphatic heterocycles. The average Bonchev–Trinajstić information content (AvgIpc) is 2.63. The van der Waals surface area contributed by atoms with Gasteiger partial charge in [0.1, 0.15) is 0 Å². The third kappa shape index (κ3) is 3.49. The Morgan fingerprint density at radius 1 is 1.53 bits per heavy atom. The fourth-order valence-electron chi connectivity index (χ4n) is 0.840. The number of nitrogens with one attached hydrogen (secondary N) is 1. The van der Waals surface area contributed by atoms with Gasteiger partial charge in [0.05, 0.1) is 18.0 Å². The number of halogens is 2. The van der Waals surface area contributed by atoms with Gasteiger partial charge in [0.2, 0.25) is 10.0 Å². The Hall–Kier alpha value is -0.570. The standard InChI is InChI=1S/C7H9F2NO3S2/c8-7(9)2-10-15(12,13)6-1-5(3-11)14-4-6/h1,4,7,10-11H,2-3H2. The molecular weight excluding hydrogens is 248 g/mol. The number of sulfonamides is 1. The lowest BCUT2D eigenvalue weighted by molar-refractivity contribution is 0.153. The van der Waals surface area contributed by atoms with E-state index in [1.54, 1.807) is 4.72 Å². The molecule has 0 amide bonds. The van der Waals surface area contributed by atoms with Crippen LogP contribution in [0.15, 0.2) is 16.3 Å². The van der Waals surface area contributed by atoms with E-state index >= 15 is 0 Å². The van der Waals surface area contributed by atoms with Crippen molar-refractivity contribution in [3.05, 3.63) is 16.3 Å². The van der Waals surface area contributed by atoms with Crippen LogP contribution in [0.5, 0.6) is 0 Å². The Morgan fingerprint density at radius 3 is 2.67 bits per heavy atom. The Kier molecular flexibility index (Phi) is 4.14. The van der Waals surface area contributed by atoms with Gasteiger partial charge in [-0.05, 0) is 6.07 Å². The van der Waals surface area contributed by atoms with Gasteiger partial charge in [0, 0.05) is 10.3 Å². The monoisotopic (exact) mass is 257 g/mol. The SMILES string of the molecule is O=S(=O)(NCC(F)F)c1csc(CO)c1. The first-order valence-electron chi connectivity index (χ1n) is 3.92. The Labute approximate surface area is 89.6 Å². The molecule has 1 aromatic heterocycles. The van der Waals surface area contributed by atoms with Gasteiger partial charge in [0.25, 0.3) is 6.43 Å². The van der Waals surface area contributed by atoms with Gasteiger partial charge >= 0.3 is 0 Å². The highest BCUT2D eigenvalue weighted by Crippen LogP contribution is 2.18. The fraction of sp³-hybridized carbons (Fsp3) is 0.429. The van der Waals surface area contributed by atoms with Gasteiger partial charge in [-0.2, -0.15) is 0 Å². The van der Waals surface area contributed by atoms with E-state index in [0.29, 0.717) is 4.88 Å². The summed E-state index contributed by atoms with van der Waals surface area (Å²) in [6.07, 6.45) is -2.73. The molecule has 0 aliphatic carbocycles. The van der Waals surface area contributed by atoms with Crippen LogP contribution in [0.3, 0.4) is 0 Å². The fourth-order valence-corrected chi connectivity index (χ4v) is 2.98. The first kappa shape index (κ1) is 12.5. The topological polar surface area (TPSA) is 66.4 Å². The second-order valence-corrected chi connectivity index (χ2v) is 5.41. The van der Waals surface area contributed by atoms with Crippen LogP contribution in [-0.4, -0.2) is 26.5 Å². The molecule has 0 bridgehead atoms.